The minimum atomic E-state index is -0.413. The molecule has 1 saturated heterocycles. The normalized spacial score (nSPS) is 14.6. The summed E-state index contributed by atoms with van der Waals surface area (Å²) < 4.78 is 21.2. The number of benzene rings is 3. The van der Waals surface area contributed by atoms with E-state index >= 15 is 0 Å². The van der Waals surface area contributed by atoms with Crippen molar-refractivity contribution < 1.29 is 18.8 Å². The number of carbonyl (C=O) groups excluding carboxylic acids is 1. The second-order valence-electron chi connectivity index (χ2n) is 8.96. The topological polar surface area (TPSA) is 77.6 Å². The van der Waals surface area contributed by atoms with Gasteiger partial charge in [-0.15, -0.1) is 0 Å². The highest BCUT2D eigenvalue weighted by Crippen LogP contribution is 2.37. The van der Waals surface area contributed by atoms with Crippen LogP contribution in [0.2, 0.25) is 0 Å². The Morgan fingerprint density at radius 2 is 1.75 bits per heavy atom. The van der Waals surface area contributed by atoms with Crippen LogP contribution in [0.3, 0.4) is 0 Å². The van der Waals surface area contributed by atoms with Gasteiger partial charge in [-0.05, 0) is 34.9 Å². The number of morpholine rings is 1. The average Bonchev–Trinajstić information content (AvgIpc) is 3.26. The molecule has 0 spiro atoms. The van der Waals surface area contributed by atoms with Crippen molar-refractivity contribution >= 4 is 22.5 Å². The Morgan fingerprint density at radius 3 is 2.44 bits per heavy atom. The lowest BCUT2D eigenvalue weighted by Crippen LogP contribution is -2.41. The fourth-order valence-electron chi connectivity index (χ4n) is 4.83. The van der Waals surface area contributed by atoms with E-state index in [2.05, 4.69) is 4.57 Å². The molecule has 0 saturated carbocycles. The van der Waals surface area contributed by atoms with E-state index in [1.54, 1.807) is 29.2 Å². The van der Waals surface area contributed by atoms with Crippen LogP contribution in [0.4, 0.5) is 10.1 Å². The van der Waals surface area contributed by atoms with E-state index in [1.165, 1.54) is 18.2 Å². The van der Waals surface area contributed by atoms with E-state index < -0.39 is 10.8 Å². The van der Waals surface area contributed by atoms with Crippen molar-refractivity contribution in [1.29, 1.82) is 0 Å². The molecule has 0 radical (unpaired) electrons. The zero-order chi connectivity index (χ0) is 25.1. The summed E-state index contributed by atoms with van der Waals surface area (Å²) in [5, 5.41) is 12.3. The molecular formula is C28H26FN3O4. The van der Waals surface area contributed by atoms with Crippen molar-refractivity contribution in [3.05, 3.63) is 112 Å². The first-order valence-electron chi connectivity index (χ1n) is 11.9. The molecular weight excluding hydrogens is 461 g/mol. The molecule has 0 aliphatic carbocycles. The molecule has 5 rings (SSSR count). The van der Waals surface area contributed by atoms with Crippen LogP contribution >= 0.6 is 0 Å². The van der Waals surface area contributed by atoms with Crippen LogP contribution in [0.15, 0.2) is 79.0 Å². The van der Waals surface area contributed by atoms with Gasteiger partial charge in [-0.1, -0.05) is 42.5 Å². The fraction of sp³-hybridized carbons (Fsp3) is 0.250. The minimum absolute atomic E-state index is 0.0152. The standard InChI is InChI=1S/C28H26FN3O4/c29-22-8-6-21(7-9-22)24(17-28(33)30-12-14-36-15-13-30)26-19-31(18-20-4-2-1-3-5-20)27-11-10-23(32(34)35)16-25(26)27/h1-11,16,19,24H,12-15,17-18H2/t24-/m0/s1. The predicted molar refractivity (Wildman–Crippen MR) is 134 cm³/mol. The lowest BCUT2D eigenvalue weighted by Gasteiger charge is -2.28. The van der Waals surface area contributed by atoms with E-state index in [0.717, 1.165) is 22.2 Å². The molecule has 184 valence electrons. The smallest absolute Gasteiger partial charge is 0.270 e. The summed E-state index contributed by atoms with van der Waals surface area (Å²) in [5.41, 5.74) is 3.49. The van der Waals surface area contributed by atoms with Crippen molar-refractivity contribution in [3.63, 3.8) is 0 Å². The molecule has 8 heteroatoms. The van der Waals surface area contributed by atoms with Gasteiger partial charge in [0.25, 0.3) is 5.69 Å². The van der Waals surface area contributed by atoms with Gasteiger partial charge in [0.05, 0.1) is 18.1 Å². The van der Waals surface area contributed by atoms with Gasteiger partial charge in [0.2, 0.25) is 5.91 Å². The Balaban J connectivity index is 1.62. The molecule has 1 atom stereocenters. The Labute approximate surface area is 207 Å². The molecule has 0 N–H and O–H groups in total. The summed E-state index contributed by atoms with van der Waals surface area (Å²) in [4.78, 5) is 26.3. The van der Waals surface area contributed by atoms with E-state index in [4.69, 9.17) is 4.74 Å². The zero-order valence-corrected chi connectivity index (χ0v) is 19.7. The predicted octanol–water partition coefficient (Wildman–Crippen LogP) is 5.12. The third-order valence-corrected chi connectivity index (χ3v) is 6.69. The molecule has 1 aliphatic rings. The summed E-state index contributed by atoms with van der Waals surface area (Å²) in [5.74, 6) is -0.788. The molecule has 0 bridgehead atoms. The van der Waals surface area contributed by atoms with Crippen molar-refractivity contribution in [3.8, 4) is 0 Å². The third-order valence-electron chi connectivity index (χ3n) is 6.69. The first kappa shape index (κ1) is 23.7. The number of halogens is 1. The number of nitrogens with zero attached hydrogens (tertiary/aromatic N) is 3. The van der Waals surface area contributed by atoms with E-state index in [0.29, 0.717) is 38.2 Å². The first-order chi connectivity index (χ1) is 17.5. The summed E-state index contributed by atoms with van der Waals surface area (Å²) in [7, 11) is 0. The molecule has 2 heterocycles. The number of aromatic nitrogens is 1. The van der Waals surface area contributed by atoms with E-state index in [1.807, 2.05) is 36.5 Å². The Kier molecular flexibility index (Phi) is 6.77. The van der Waals surface area contributed by atoms with Gasteiger partial charge in [-0.3, -0.25) is 14.9 Å². The molecule has 4 aromatic rings. The second-order valence-corrected chi connectivity index (χ2v) is 8.96. The number of non-ortho nitro benzene ring substituents is 1. The minimum Gasteiger partial charge on any atom is -0.378 e. The number of fused-ring (bicyclic) bond motifs is 1. The van der Waals surface area contributed by atoms with Crippen LogP contribution in [0.25, 0.3) is 10.9 Å². The largest absolute Gasteiger partial charge is 0.378 e. The highest BCUT2D eigenvalue weighted by molar-refractivity contribution is 5.88. The maximum Gasteiger partial charge on any atom is 0.270 e. The van der Waals surface area contributed by atoms with E-state index in [-0.39, 0.29) is 23.8 Å². The van der Waals surface area contributed by atoms with Gasteiger partial charge in [-0.2, -0.15) is 0 Å². The average molecular weight is 488 g/mol. The van der Waals surface area contributed by atoms with Gasteiger partial charge in [0, 0.05) is 61.2 Å². The Morgan fingerprint density at radius 1 is 1.03 bits per heavy atom. The van der Waals surface area contributed by atoms with Crippen LogP contribution in [-0.4, -0.2) is 46.6 Å². The number of ether oxygens (including phenoxy) is 1. The maximum absolute atomic E-state index is 13.8. The van der Waals surface area contributed by atoms with Crippen LogP contribution in [0.5, 0.6) is 0 Å². The molecule has 1 aromatic heterocycles. The number of nitro groups is 1. The molecule has 7 nitrogen and oxygen atoms in total. The zero-order valence-electron chi connectivity index (χ0n) is 19.7. The number of nitro benzene ring substituents is 1. The van der Waals surface area contributed by atoms with Gasteiger partial charge in [-0.25, -0.2) is 4.39 Å². The SMILES string of the molecule is O=C(C[C@@H](c1ccc(F)cc1)c1cn(Cc2ccccc2)c2ccc([N+](=O)[O-])cc12)N1CCOCC1. The fourth-order valence-corrected chi connectivity index (χ4v) is 4.83. The second kappa shape index (κ2) is 10.3. The van der Waals surface area contributed by atoms with E-state index in [9.17, 15) is 19.3 Å². The molecule has 1 aliphatic heterocycles. The quantitative estimate of drug-likeness (QED) is 0.268. The third kappa shape index (κ3) is 4.99. The number of hydrogen-bond acceptors (Lipinski definition) is 4. The lowest BCUT2D eigenvalue weighted by atomic mass is 9.87. The van der Waals surface area contributed by atoms with Crippen molar-refractivity contribution in [2.75, 3.05) is 26.3 Å². The van der Waals surface area contributed by atoms with Crippen LogP contribution in [0.1, 0.15) is 29.0 Å². The monoisotopic (exact) mass is 487 g/mol. The summed E-state index contributed by atoms with van der Waals surface area (Å²) in [6.07, 6.45) is 2.14. The van der Waals surface area contributed by atoms with Crippen molar-refractivity contribution in [1.82, 2.24) is 9.47 Å². The highest BCUT2D eigenvalue weighted by atomic mass is 19.1. The van der Waals surface area contributed by atoms with Gasteiger partial charge >= 0.3 is 0 Å². The molecule has 36 heavy (non-hydrogen) atoms. The number of carbonyl (C=O) groups is 1. The first-order valence-corrected chi connectivity index (χ1v) is 11.9. The number of amides is 1. The molecule has 3 aromatic carbocycles. The van der Waals surface area contributed by atoms with Crippen molar-refractivity contribution in [2.24, 2.45) is 0 Å². The van der Waals surface area contributed by atoms with Crippen LogP contribution < -0.4 is 0 Å². The number of rotatable bonds is 7. The molecule has 1 amide bonds. The van der Waals surface area contributed by atoms with Crippen LogP contribution in [0, 0.1) is 15.9 Å². The molecule has 0 unspecified atom stereocenters. The highest BCUT2D eigenvalue weighted by Gasteiger charge is 2.27. The summed E-state index contributed by atoms with van der Waals surface area (Å²) >= 11 is 0. The lowest BCUT2D eigenvalue weighted by molar-refractivity contribution is -0.384. The van der Waals surface area contributed by atoms with Gasteiger partial charge in [0.1, 0.15) is 5.82 Å². The van der Waals surface area contributed by atoms with Crippen molar-refractivity contribution in [2.45, 2.75) is 18.9 Å². The Hall–Kier alpha value is -4.04. The van der Waals surface area contributed by atoms with Gasteiger partial charge in [0.15, 0.2) is 0 Å². The van der Waals surface area contributed by atoms with Gasteiger partial charge < -0.3 is 14.2 Å². The maximum atomic E-state index is 13.8. The Bertz CT molecular complexity index is 1380. The number of hydrogen-bond donors (Lipinski definition) is 0. The summed E-state index contributed by atoms with van der Waals surface area (Å²) in [6.45, 7) is 2.61. The molecule has 1 fully saturated rings. The van der Waals surface area contributed by atoms with Crippen LogP contribution in [-0.2, 0) is 16.1 Å². The summed E-state index contributed by atoms with van der Waals surface area (Å²) in [6, 6.07) is 20.9.